The Morgan fingerprint density at radius 2 is 1.88 bits per heavy atom. The van der Waals surface area contributed by atoms with Gasteiger partial charge in [-0.1, -0.05) is 23.2 Å². The van der Waals surface area contributed by atoms with Crippen LogP contribution in [0.2, 0.25) is 10.0 Å². The van der Waals surface area contributed by atoms with Crippen LogP contribution in [-0.4, -0.2) is 44.1 Å². The molecule has 3 rings (SSSR count). The average Bonchev–Trinajstić information content (AvgIpc) is 3.37. The topological polar surface area (TPSA) is 141 Å². The number of amides is 2. The van der Waals surface area contributed by atoms with Gasteiger partial charge in [0.1, 0.15) is 27.8 Å². The number of ether oxygens (including phenoxy) is 2. The number of aryl methyl sites for hydroxylation is 1. The SMILES string of the molecule is CC(C)(C)OC(=O)N(c1cscn1)S(=O)(=O)c1cc(Cl)c(Oc2ccc(Cl)cc2CCCNCCC(N)=O)cc1F. The summed E-state index contributed by atoms with van der Waals surface area (Å²) < 4.78 is 53.9. The number of anilines is 1. The Bertz CT molecular complexity index is 1500. The minimum Gasteiger partial charge on any atom is -0.455 e. The molecule has 0 aliphatic rings. The molecule has 1 aromatic heterocycles. The predicted molar refractivity (Wildman–Crippen MR) is 156 cm³/mol. The van der Waals surface area contributed by atoms with E-state index in [4.69, 9.17) is 38.4 Å². The molecule has 41 heavy (non-hydrogen) atoms. The van der Waals surface area contributed by atoms with Crippen molar-refractivity contribution in [2.24, 2.45) is 5.73 Å². The number of primary amides is 1. The Balaban J connectivity index is 1.87. The fourth-order valence-corrected chi connectivity index (χ4v) is 5.91. The summed E-state index contributed by atoms with van der Waals surface area (Å²) in [6, 6.07) is 6.55. The first-order valence-electron chi connectivity index (χ1n) is 12.3. The monoisotopic (exact) mass is 646 g/mol. The maximum absolute atomic E-state index is 15.4. The van der Waals surface area contributed by atoms with Gasteiger partial charge in [0.2, 0.25) is 5.91 Å². The highest BCUT2D eigenvalue weighted by Crippen LogP contribution is 2.37. The van der Waals surface area contributed by atoms with Gasteiger partial charge in [0.15, 0.2) is 5.82 Å². The zero-order chi connectivity index (χ0) is 30.4. The molecule has 0 saturated heterocycles. The van der Waals surface area contributed by atoms with Gasteiger partial charge < -0.3 is 20.5 Å². The van der Waals surface area contributed by atoms with Crippen LogP contribution in [0.4, 0.5) is 15.0 Å². The first-order chi connectivity index (χ1) is 19.2. The second-order valence-corrected chi connectivity index (χ2v) is 13.1. The number of thiazole rings is 1. The van der Waals surface area contributed by atoms with Gasteiger partial charge in [0, 0.05) is 29.4 Å². The number of benzene rings is 2. The molecule has 222 valence electrons. The fraction of sp³-hybridized carbons (Fsp3) is 0.346. The van der Waals surface area contributed by atoms with Crippen molar-refractivity contribution in [2.45, 2.75) is 50.5 Å². The molecule has 0 unspecified atom stereocenters. The van der Waals surface area contributed by atoms with Crippen molar-refractivity contribution in [1.29, 1.82) is 0 Å². The van der Waals surface area contributed by atoms with E-state index in [1.165, 1.54) is 10.9 Å². The molecule has 1 heterocycles. The minimum absolute atomic E-state index is 0.149. The zero-order valence-corrected chi connectivity index (χ0v) is 25.6. The van der Waals surface area contributed by atoms with E-state index in [1.54, 1.807) is 39.0 Å². The predicted octanol–water partition coefficient (Wildman–Crippen LogP) is 5.91. The third-order valence-corrected chi connectivity index (χ3v) is 8.07. The Morgan fingerprint density at radius 1 is 1.15 bits per heavy atom. The normalized spacial score (nSPS) is 11.8. The number of nitrogens with zero attached hydrogens (tertiary/aromatic N) is 2. The van der Waals surface area contributed by atoms with Gasteiger partial charge in [-0.25, -0.2) is 22.6 Å². The number of hydrogen-bond donors (Lipinski definition) is 2. The molecule has 2 aromatic carbocycles. The number of carbonyl (C=O) groups excluding carboxylic acids is 2. The summed E-state index contributed by atoms with van der Waals surface area (Å²) in [5.74, 6) is -1.67. The summed E-state index contributed by atoms with van der Waals surface area (Å²) in [6.07, 6.45) is 0.144. The van der Waals surface area contributed by atoms with E-state index < -0.39 is 38.3 Å². The van der Waals surface area contributed by atoms with Crippen molar-refractivity contribution in [3.05, 3.63) is 62.6 Å². The van der Waals surface area contributed by atoms with E-state index >= 15 is 4.39 Å². The Kier molecular flexibility index (Phi) is 11.0. The highest BCUT2D eigenvalue weighted by molar-refractivity contribution is 7.93. The Labute approximate surface area is 251 Å². The Hall–Kier alpha value is -2.97. The van der Waals surface area contributed by atoms with E-state index in [-0.39, 0.29) is 23.0 Å². The van der Waals surface area contributed by atoms with Crippen LogP contribution in [0, 0.1) is 5.82 Å². The molecule has 0 radical (unpaired) electrons. The largest absolute Gasteiger partial charge is 0.455 e. The maximum Gasteiger partial charge on any atom is 0.430 e. The summed E-state index contributed by atoms with van der Waals surface area (Å²) >= 11 is 13.6. The molecule has 2 amide bonds. The average molecular weight is 648 g/mol. The minimum atomic E-state index is -4.84. The van der Waals surface area contributed by atoms with Crippen LogP contribution >= 0.6 is 34.5 Å². The number of sulfonamides is 1. The number of aromatic nitrogens is 1. The molecule has 0 saturated carbocycles. The van der Waals surface area contributed by atoms with E-state index in [2.05, 4.69) is 10.3 Å². The standard InChI is InChI=1S/C26H29Cl2FN4O6S2/c1-26(2,3)39-25(35)33(24-14-40-15-32-24)41(36,37)22-12-18(28)21(13-19(22)29)38-20-7-6-17(27)11-16(20)5-4-9-31-10-8-23(30)34/h6-7,11-15,31H,4-5,8-10H2,1-3H3,(H2,30,34). The lowest BCUT2D eigenvalue weighted by atomic mass is 10.1. The second kappa shape index (κ2) is 13.8. The molecule has 0 aliphatic carbocycles. The highest BCUT2D eigenvalue weighted by Gasteiger charge is 2.38. The molecule has 10 nitrogen and oxygen atoms in total. The second-order valence-electron chi connectivity index (χ2n) is 9.73. The molecule has 0 spiro atoms. The molecule has 0 atom stereocenters. The van der Waals surface area contributed by atoms with Crippen LogP contribution in [0.3, 0.4) is 0 Å². The van der Waals surface area contributed by atoms with Crippen LogP contribution in [0.1, 0.15) is 39.2 Å². The number of nitrogens with two attached hydrogens (primary N) is 1. The quantitative estimate of drug-likeness (QED) is 0.231. The molecule has 0 bridgehead atoms. The van der Waals surface area contributed by atoms with E-state index in [1.807, 2.05) is 0 Å². The number of hydrogen-bond acceptors (Lipinski definition) is 9. The van der Waals surface area contributed by atoms with Crippen LogP contribution in [0.5, 0.6) is 11.5 Å². The van der Waals surface area contributed by atoms with Gasteiger partial charge in [-0.05, 0) is 70.0 Å². The molecule has 0 fully saturated rings. The smallest absolute Gasteiger partial charge is 0.430 e. The van der Waals surface area contributed by atoms with Gasteiger partial charge in [-0.15, -0.1) is 15.6 Å². The first kappa shape index (κ1) is 32.5. The zero-order valence-electron chi connectivity index (χ0n) is 22.4. The van der Waals surface area contributed by atoms with Crippen molar-refractivity contribution in [3.63, 3.8) is 0 Å². The number of rotatable bonds is 12. The molecular weight excluding hydrogens is 618 g/mol. The summed E-state index contributed by atoms with van der Waals surface area (Å²) in [5, 5.41) is 4.65. The highest BCUT2D eigenvalue weighted by atomic mass is 35.5. The molecule has 3 N–H and O–H groups in total. The number of nitrogens with one attached hydrogen (secondary N) is 1. The van der Waals surface area contributed by atoms with Gasteiger partial charge in [0.05, 0.1) is 10.5 Å². The summed E-state index contributed by atoms with van der Waals surface area (Å²) in [6.45, 7) is 5.73. The first-order valence-corrected chi connectivity index (χ1v) is 15.4. The van der Waals surface area contributed by atoms with Crippen LogP contribution in [0.25, 0.3) is 0 Å². The van der Waals surface area contributed by atoms with Gasteiger partial charge in [-0.3, -0.25) is 4.79 Å². The number of carbonyl (C=O) groups is 2. The van der Waals surface area contributed by atoms with E-state index in [0.29, 0.717) is 46.6 Å². The number of halogens is 3. The van der Waals surface area contributed by atoms with Crippen molar-refractivity contribution >= 4 is 62.4 Å². The third kappa shape index (κ3) is 9.01. The van der Waals surface area contributed by atoms with Crippen molar-refractivity contribution in [2.75, 3.05) is 17.4 Å². The van der Waals surface area contributed by atoms with Gasteiger partial charge in [0.25, 0.3) is 10.0 Å². The lowest BCUT2D eigenvalue weighted by Gasteiger charge is -2.26. The molecule has 15 heteroatoms. The Morgan fingerprint density at radius 3 is 2.51 bits per heavy atom. The lowest BCUT2D eigenvalue weighted by Crippen LogP contribution is -2.41. The van der Waals surface area contributed by atoms with Crippen molar-refractivity contribution in [3.8, 4) is 11.5 Å². The molecule has 3 aromatic rings. The van der Waals surface area contributed by atoms with Crippen LogP contribution in [0.15, 0.2) is 46.1 Å². The molecule has 0 aliphatic heterocycles. The van der Waals surface area contributed by atoms with E-state index in [0.717, 1.165) is 23.5 Å². The van der Waals surface area contributed by atoms with Gasteiger partial charge >= 0.3 is 6.09 Å². The summed E-state index contributed by atoms with van der Waals surface area (Å²) in [4.78, 5) is 26.8. The third-order valence-electron chi connectivity index (χ3n) is 5.28. The maximum atomic E-state index is 15.4. The molecular formula is C26H29Cl2FN4O6S2. The van der Waals surface area contributed by atoms with Crippen LogP contribution < -0.4 is 20.1 Å². The summed E-state index contributed by atoms with van der Waals surface area (Å²) in [7, 11) is -4.84. The lowest BCUT2D eigenvalue weighted by molar-refractivity contribution is -0.117. The van der Waals surface area contributed by atoms with Gasteiger partial charge in [-0.2, -0.15) is 0 Å². The van der Waals surface area contributed by atoms with Crippen molar-refractivity contribution < 1.29 is 31.9 Å². The van der Waals surface area contributed by atoms with Crippen LogP contribution in [-0.2, 0) is 26.0 Å². The fourth-order valence-electron chi connectivity index (χ4n) is 3.51. The van der Waals surface area contributed by atoms with E-state index in [9.17, 15) is 18.0 Å². The summed E-state index contributed by atoms with van der Waals surface area (Å²) in [5.41, 5.74) is 6.11. The van der Waals surface area contributed by atoms with Crippen molar-refractivity contribution in [1.82, 2.24) is 10.3 Å².